The third-order valence-corrected chi connectivity index (χ3v) is 2.33. The van der Waals surface area contributed by atoms with Crippen LogP contribution in [0.4, 0.5) is 14.9 Å². The predicted molar refractivity (Wildman–Crippen MR) is 69.3 cm³/mol. The van der Waals surface area contributed by atoms with Gasteiger partial charge in [-0.1, -0.05) is 6.07 Å². The first kappa shape index (κ1) is 14.4. The number of benzene rings is 1. The van der Waals surface area contributed by atoms with Crippen LogP contribution in [-0.4, -0.2) is 25.8 Å². The summed E-state index contributed by atoms with van der Waals surface area (Å²) in [6.45, 7) is 5.53. The van der Waals surface area contributed by atoms with Crippen molar-refractivity contribution in [1.82, 2.24) is 5.32 Å². The van der Waals surface area contributed by atoms with Gasteiger partial charge in [0.15, 0.2) is 0 Å². The van der Waals surface area contributed by atoms with Gasteiger partial charge in [0.1, 0.15) is 5.82 Å². The van der Waals surface area contributed by atoms with Gasteiger partial charge in [-0.05, 0) is 38.0 Å². The average molecular weight is 254 g/mol. The number of anilines is 1. The Morgan fingerprint density at radius 3 is 2.94 bits per heavy atom. The molecule has 2 N–H and O–H groups in total. The standard InChI is InChI=1S/C13H19FN2O2/c1-3-18-8-4-7-15-13(17)16-12-9-10(2)5-6-11(12)14/h5-6,9H,3-4,7-8H2,1-2H3,(H2,15,16,17). The van der Waals surface area contributed by atoms with E-state index in [0.29, 0.717) is 19.8 Å². The molecule has 18 heavy (non-hydrogen) atoms. The highest BCUT2D eigenvalue weighted by atomic mass is 19.1. The fraction of sp³-hybridized carbons (Fsp3) is 0.462. The first-order valence-electron chi connectivity index (χ1n) is 6.02. The molecule has 0 bridgehead atoms. The fourth-order valence-electron chi connectivity index (χ4n) is 1.42. The Kier molecular flexibility index (Phi) is 6.14. The second-order valence-electron chi connectivity index (χ2n) is 3.91. The number of hydrogen-bond donors (Lipinski definition) is 2. The van der Waals surface area contributed by atoms with Crippen LogP contribution >= 0.6 is 0 Å². The van der Waals surface area contributed by atoms with Gasteiger partial charge < -0.3 is 15.4 Å². The summed E-state index contributed by atoms with van der Waals surface area (Å²) in [6.07, 6.45) is 0.734. The van der Waals surface area contributed by atoms with E-state index in [1.54, 1.807) is 12.1 Å². The van der Waals surface area contributed by atoms with Gasteiger partial charge in [0, 0.05) is 19.8 Å². The van der Waals surface area contributed by atoms with E-state index in [4.69, 9.17) is 4.74 Å². The molecule has 0 radical (unpaired) electrons. The van der Waals surface area contributed by atoms with E-state index < -0.39 is 11.8 Å². The Morgan fingerprint density at radius 1 is 1.44 bits per heavy atom. The molecule has 5 heteroatoms. The van der Waals surface area contributed by atoms with Crippen LogP contribution in [0.3, 0.4) is 0 Å². The number of amides is 2. The quantitative estimate of drug-likeness (QED) is 0.767. The summed E-state index contributed by atoms with van der Waals surface area (Å²) >= 11 is 0. The van der Waals surface area contributed by atoms with Crippen molar-refractivity contribution in [2.75, 3.05) is 25.1 Å². The van der Waals surface area contributed by atoms with Gasteiger partial charge in [-0.15, -0.1) is 0 Å². The van der Waals surface area contributed by atoms with Gasteiger partial charge in [-0.25, -0.2) is 9.18 Å². The molecule has 1 rings (SSSR count). The van der Waals surface area contributed by atoms with Crippen molar-refractivity contribution in [3.8, 4) is 0 Å². The molecular formula is C13H19FN2O2. The van der Waals surface area contributed by atoms with Gasteiger partial charge in [0.25, 0.3) is 0 Å². The molecule has 0 aliphatic carbocycles. The smallest absolute Gasteiger partial charge is 0.319 e. The van der Waals surface area contributed by atoms with Crippen LogP contribution in [0, 0.1) is 12.7 Å². The molecular weight excluding hydrogens is 235 g/mol. The molecule has 0 atom stereocenters. The minimum absolute atomic E-state index is 0.192. The lowest BCUT2D eigenvalue weighted by Crippen LogP contribution is -2.30. The van der Waals surface area contributed by atoms with Crippen LogP contribution in [0.2, 0.25) is 0 Å². The van der Waals surface area contributed by atoms with E-state index in [1.807, 2.05) is 13.8 Å². The number of rotatable bonds is 6. The molecule has 0 aliphatic heterocycles. The summed E-state index contributed by atoms with van der Waals surface area (Å²) in [6, 6.07) is 4.17. The summed E-state index contributed by atoms with van der Waals surface area (Å²) in [7, 11) is 0. The Morgan fingerprint density at radius 2 is 2.22 bits per heavy atom. The highest BCUT2D eigenvalue weighted by Crippen LogP contribution is 2.15. The number of ether oxygens (including phenoxy) is 1. The third kappa shape index (κ3) is 5.14. The molecule has 0 spiro atoms. The van der Waals surface area contributed by atoms with E-state index in [1.165, 1.54) is 6.07 Å². The molecule has 0 saturated heterocycles. The first-order valence-corrected chi connectivity index (χ1v) is 6.02. The molecule has 0 fully saturated rings. The van der Waals surface area contributed by atoms with E-state index in [0.717, 1.165) is 12.0 Å². The second kappa shape index (κ2) is 7.66. The average Bonchev–Trinajstić information content (AvgIpc) is 2.33. The lowest BCUT2D eigenvalue weighted by Gasteiger charge is -2.09. The summed E-state index contributed by atoms with van der Waals surface area (Å²) in [4.78, 5) is 11.5. The largest absolute Gasteiger partial charge is 0.382 e. The summed E-state index contributed by atoms with van der Waals surface area (Å²) in [5.74, 6) is -0.440. The van der Waals surface area contributed by atoms with Crippen LogP contribution < -0.4 is 10.6 Å². The molecule has 2 amide bonds. The van der Waals surface area contributed by atoms with Crippen molar-refractivity contribution in [2.24, 2.45) is 0 Å². The van der Waals surface area contributed by atoms with Crippen molar-refractivity contribution in [2.45, 2.75) is 20.3 Å². The van der Waals surface area contributed by atoms with Crippen molar-refractivity contribution in [3.63, 3.8) is 0 Å². The zero-order valence-corrected chi connectivity index (χ0v) is 10.8. The van der Waals surface area contributed by atoms with E-state index in [-0.39, 0.29) is 5.69 Å². The zero-order valence-electron chi connectivity index (χ0n) is 10.8. The fourth-order valence-corrected chi connectivity index (χ4v) is 1.42. The Bertz CT molecular complexity index is 397. The van der Waals surface area contributed by atoms with Crippen LogP contribution in [-0.2, 0) is 4.74 Å². The minimum Gasteiger partial charge on any atom is -0.382 e. The predicted octanol–water partition coefficient (Wildman–Crippen LogP) is 2.68. The van der Waals surface area contributed by atoms with E-state index >= 15 is 0 Å². The monoisotopic (exact) mass is 254 g/mol. The molecule has 100 valence electrons. The number of aryl methyl sites for hydroxylation is 1. The van der Waals surface area contributed by atoms with Gasteiger partial charge in [-0.2, -0.15) is 0 Å². The normalized spacial score (nSPS) is 10.2. The van der Waals surface area contributed by atoms with Crippen molar-refractivity contribution in [3.05, 3.63) is 29.6 Å². The molecule has 4 nitrogen and oxygen atoms in total. The van der Waals surface area contributed by atoms with Gasteiger partial charge in [0.05, 0.1) is 5.69 Å². The zero-order chi connectivity index (χ0) is 13.4. The van der Waals surface area contributed by atoms with Crippen molar-refractivity contribution >= 4 is 11.7 Å². The van der Waals surface area contributed by atoms with Crippen molar-refractivity contribution in [1.29, 1.82) is 0 Å². The van der Waals surface area contributed by atoms with E-state index in [2.05, 4.69) is 10.6 Å². The Labute approximate surface area is 107 Å². The van der Waals surface area contributed by atoms with Crippen LogP contribution in [0.5, 0.6) is 0 Å². The van der Waals surface area contributed by atoms with Crippen LogP contribution in [0.25, 0.3) is 0 Å². The SMILES string of the molecule is CCOCCCNC(=O)Nc1cc(C)ccc1F. The summed E-state index contributed by atoms with van der Waals surface area (Å²) < 4.78 is 18.5. The number of nitrogens with one attached hydrogen (secondary N) is 2. The van der Waals surface area contributed by atoms with Crippen LogP contribution in [0.15, 0.2) is 18.2 Å². The maximum Gasteiger partial charge on any atom is 0.319 e. The number of hydrogen-bond acceptors (Lipinski definition) is 2. The maximum absolute atomic E-state index is 13.4. The second-order valence-corrected chi connectivity index (χ2v) is 3.91. The van der Waals surface area contributed by atoms with Crippen LogP contribution in [0.1, 0.15) is 18.9 Å². The number of halogens is 1. The Balaban J connectivity index is 2.33. The van der Waals surface area contributed by atoms with Crippen molar-refractivity contribution < 1.29 is 13.9 Å². The summed E-state index contributed by atoms with van der Waals surface area (Å²) in [5.41, 5.74) is 1.08. The lowest BCUT2D eigenvalue weighted by molar-refractivity contribution is 0.145. The lowest BCUT2D eigenvalue weighted by atomic mass is 10.2. The number of urea groups is 1. The van der Waals surface area contributed by atoms with Gasteiger partial charge in [-0.3, -0.25) is 0 Å². The topological polar surface area (TPSA) is 50.4 Å². The molecule has 1 aromatic rings. The number of carbonyl (C=O) groups is 1. The summed E-state index contributed by atoms with van der Waals surface area (Å²) in [5, 5.41) is 5.12. The maximum atomic E-state index is 13.4. The highest BCUT2D eigenvalue weighted by molar-refractivity contribution is 5.89. The molecule has 0 aromatic heterocycles. The first-order chi connectivity index (χ1) is 8.63. The van der Waals surface area contributed by atoms with E-state index in [9.17, 15) is 9.18 Å². The minimum atomic E-state index is -0.440. The van der Waals surface area contributed by atoms with Gasteiger partial charge >= 0.3 is 6.03 Å². The molecule has 0 aliphatic rings. The number of carbonyl (C=O) groups excluding carboxylic acids is 1. The highest BCUT2D eigenvalue weighted by Gasteiger charge is 2.06. The molecule has 1 aromatic carbocycles. The molecule has 0 saturated carbocycles. The van der Waals surface area contributed by atoms with Gasteiger partial charge in [0.2, 0.25) is 0 Å². The Hall–Kier alpha value is -1.62. The molecule has 0 unspecified atom stereocenters. The third-order valence-electron chi connectivity index (χ3n) is 2.33. The molecule has 0 heterocycles.